The molecule has 0 aromatic carbocycles. The molecule has 0 bridgehead atoms. The SMILES string of the molecule is CCn1cnc2sc(C(=O)N3CCCC(C(=O)O)C3)c(C)c2c1=O. The number of carboxylic acid groups (broad SMARTS) is 1. The van der Waals surface area contributed by atoms with E-state index in [9.17, 15) is 19.5 Å². The molecule has 1 saturated heterocycles. The summed E-state index contributed by atoms with van der Waals surface area (Å²) >= 11 is 1.21. The highest BCUT2D eigenvalue weighted by molar-refractivity contribution is 7.20. The Kier molecular flexibility index (Phi) is 4.40. The van der Waals surface area contributed by atoms with Crippen LogP contribution in [-0.4, -0.2) is 44.5 Å². The van der Waals surface area contributed by atoms with E-state index in [-0.39, 0.29) is 18.0 Å². The van der Waals surface area contributed by atoms with Crippen molar-refractivity contribution in [2.45, 2.75) is 33.2 Å². The first-order valence-electron chi connectivity index (χ1n) is 7.94. The van der Waals surface area contributed by atoms with Gasteiger partial charge in [-0.1, -0.05) is 0 Å². The molecule has 2 aromatic rings. The molecule has 8 heteroatoms. The summed E-state index contributed by atoms with van der Waals surface area (Å²) in [5, 5.41) is 9.67. The summed E-state index contributed by atoms with van der Waals surface area (Å²) < 4.78 is 1.51. The molecule has 2 aromatic heterocycles. The first kappa shape index (κ1) is 16.6. The quantitative estimate of drug-likeness (QED) is 0.911. The van der Waals surface area contributed by atoms with Crippen LogP contribution in [0.25, 0.3) is 10.2 Å². The van der Waals surface area contributed by atoms with E-state index < -0.39 is 11.9 Å². The van der Waals surface area contributed by atoms with Crippen molar-refractivity contribution < 1.29 is 14.7 Å². The summed E-state index contributed by atoms with van der Waals surface area (Å²) in [6, 6.07) is 0. The number of aromatic nitrogens is 2. The summed E-state index contributed by atoms with van der Waals surface area (Å²) in [4.78, 5) is 43.4. The number of carbonyl (C=O) groups excluding carboxylic acids is 1. The lowest BCUT2D eigenvalue weighted by Crippen LogP contribution is -2.42. The summed E-state index contributed by atoms with van der Waals surface area (Å²) in [7, 11) is 0. The predicted octanol–water partition coefficient (Wildman–Crippen LogP) is 1.72. The van der Waals surface area contributed by atoms with Crippen LogP contribution in [0.4, 0.5) is 0 Å². The largest absolute Gasteiger partial charge is 0.481 e. The van der Waals surface area contributed by atoms with E-state index in [4.69, 9.17) is 0 Å². The van der Waals surface area contributed by atoms with Gasteiger partial charge in [0.2, 0.25) is 0 Å². The first-order chi connectivity index (χ1) is 11.4. The maximum atomic E-state index is 12.8. The van der Waals surface area contributed by atoms with E-state index in [2.05, 4.69) is 4.98 Å². The summed E-state index contributed by atoms with van der Waals surface area (Å²) in [6.45, 7) is 4.90. The second-order valence-electron chi connectivity index (χ2n) is 6.00. The minimum Gasteiger partial charge on any atom is -0.481 e. The lowest BCUT2D eigenvalue weighted by molar-refractivity contribution is -0.143. The fourth-order valence-corrected chi connectivity index (χ4v) is 4.20. The smallest absolute Gasteiger partial charge is 0.308 e. The van der Waals surface area contributed by atoms with Crippen LogP contribution in [0, 0.1) is 12.8 Å². The number of likely N-dealkylation sites (tertiary alicyclic amines) is 1. The van der Waals surface area contributed by atoms with Crippen LogP contribution in [0.1, 0.15) is 35.0 Å². The zero-order chi connectivity index (χ0) is 17.4. The number of fused-ring (bicyclic) bond motifs is 1. The molecule has 24 heavy (non-hydrogen) atoms. The Morgan fingerprint density at radius 3 is 2.88 bits per heavy atom. The number of thiophene rings is 1. The molecule has 7 nitrogen and oxygen atoms in total. The van der Waals surface area contributed by atoms with Gasteiger partial charge in [-0.05, 0) is 32.3 Å². The highest BCUT2D eigenvalue weighted by Gasteiger charge is 2.30. The third-order valence-corrected chi connectivity index (χ3v) is 5.70. The number of aryl methyl sites for hydroxylation is 2. The maximum absolute atomic E-state index is 12.8. The Morgan fingerprint density at radius 2 is 2.21 bits per heavy atom. The molecule has 3 heterocycles. The van der Waals surface area contributed by atoms with E-state index in [1.54, 1.807) is 11.8 Å². The third-order valence-electron chi connectivity index (χ3n) is 4.51. The van der Waals surface area contributed by atoms with E-state index in [1.165, 1.54) is 22.2 Å². The second kappa shape index (κ2) is 6.35. The van der Waals surface area contributed by atoms with Crippen molar-refractivity contribution in [3.63, 3.8) is 0 Å². The topological polar surface area (TPSA) is 92.5 Å². The van der Waals surface area contributed by atoms with Crippen LogP contribution in [0.5, 0.6) is 0 Å². The number of piperidine rings is 1. The number of nitrogens with zero attached hydrogens (tertiary/aromatic N) is 3. The molecule has 1 aliphatic rings. The molecule has 0 spiro atoms. The standard InChI is InChI=1S/C16H19N3O4S/c1-3-18-8-17-13-11(14(18)20)9(2)12(24-13)15(21)19-6-4-5-10(7-19)16(22)23/h8,10H,3-7H2,1-2H3,(H,22,23). The lowest BCUT2D eigenvalue weighted by Gasteiger charge is -2.30. The fraction of sp³-hybridized carbons (Fsp3) is 0.500. The number of aliphatic carboxylic acids is 1. The van der Waals surface area contributed by atoms with Gasteiger partial charge in [0.1, 0.15) is 4.83 Å². The van der Waals surface area contributed by atoms with Crippen LogP contribution in [0.15, 0.2) is 11.1 Å². The van der Waals surface area contributed by atoms with Crippen LogP contribution in [0.2, 0.25) is 0 Å². The Labute approximate surface area is 142 Å². The van der Waals surface area contributed by atoms with Crippen molar-refractivity contribution in [3.8, 4) is 0 Å². The van der Waals surface area contributed by atoms with Gasteiger partial charge in [0.25, 0.3) is 11.5 Å². The van der Waals surface area contributed by atoms with Crippen LogP contribution in [-0.2, 0) is 11.3 Å². The van der Waals surface area contributed by atoms with E-state index >= 15 is 0 Å². The van der Waals surface area contributed by atoms with Crippen molar-refractivity contribution in [1.82, 2.24) is 14.5 Å². The zero-order valence-corrected chi connectivity index (χ0v) is 14.4. The maximum Gasteiger partial charge on any atom is 0.308 e. The zero-order valence-electron chi connectivity index (χ0n) is 13.6. The van der Waals surface area contributed by atoms with Gasteiger partial charge in [0.15, 0.2) is 0 Å². The minimum absolute atomic E-state index is 0.141. The summed E-state index contributed by atoms with van der Waals surface area (Å²) in [5.41, 5.74) is 0.495. The predicted molar refractivity (Wildman–Crippen MR) is 90.6 cm³/mol. The van der Waals surface area contributed by atoms with Crippen LogP contribution >= 0.6 is 11.3 Å². The van der Waals surface area contributed by atoms with E-state index in [1.807, 2.05) is 6.92 Å². The molecule has 1 aliphatic heterocycles. The Balaban J connectivity index is 1.99. The minimum atomic E-state index is -0.868. The number of rotatable bonds is 3. The molecule has 0 saturated carbocycles. The summed E-state index contributed by atoms with van der Waals surface area (Å²) in [6.07, 6.45) is 2.76. The third kappa shape index (κ3) is 2.71. The van der Waals surface area contributed by atoms with Crippen LogP contribution < -0.4 is 5.56 Å². The van der Waals surface area contributed by atoms with Gasteiger partial charge in [-0.15, -0.1) is 11.3 Å². The Hall–Kier alpha value is -2.22. The van der Waals surface area contributed by atoms with Crippen molar-refractivity contribution in [2.75, 3.05) is 13.1 Å². The highest BCUT2D eigenvalue weighted by Crippen LogP contribution is 2.29. The number of hydrogen-bond acceptors (Lipinski definition) is 5. The van der Waals surface area contributed by atoms with Gasteiger partial charge >= 0.3 is 5.97 Å². The van der Waals surface area contributed by atoms with Crippen molar-refractivity contribution in [2.24, 2.45) is 5.92 Å². The molecule has 3 rings (SSSR count). The van der Waals surface area contributed by atoms with Crippen molar-refractivity contribution in [1.29, 1.82) is 0 Å². The van der Waals surface area contributed by atoms with Gasteiger partial charge in [-0.25, -0.2) is 4.98 Å². The highest BCUT2D eigenvalue weighted by atomic mass is 32.1. The van der Waals surface area contributed by atoms with Crippen molar-refractivity contribution >= 4 is 33.4 Å². The average molecular weight is 349 g/mol. The lowest BCUT2D eigenvalue weighted by atomic mass is 9.98. The second-order valence-corrected chi connectivity index (χ2v) is 7.00. The van der Waals surface area contributed by atoms with Gasteiger partial charge in [0, 0.05) is 19.6 Å². The molecule has 128 valence electrons. The molecule has 0 aliphatic carbocycles. The number of carbonyl (C=O) groups is 2. The van der Waals surface area contributed by atoms with Gasteiger partial charge < -0.3 is 10.0 Å². The monoisotopic (exact) mass is 349 g/mol. The number of amides is 1. The summed E-state index contributed by atoms with van der Waals surface area (Å²) in [5.74, 6) is -1.59. The molecular formula is C16H19N3O4S. The average Bonchev–Trinajstić information content (AvgIpc) is 2.92. The molecule has 1 N–H and O–H groups in total. The Morgan fingerprint density at radius 1 is 1.46 bits per heavy atom. The molecule has 1 unspecified atom stereocenters. The molecular weight excluding hydrogens is 330 g/mol. The van der Waals surface area contributed by atoms with Gasteiger partial charge in [-0.2, -0.15) is 0 Å². The molecule has 1 atom stereocenters. The van der Waals surface area contributed by atoms with Gasteiger partial charge in [0.05, 0.1) is 22.5 Å². The van der Waals surface area contributed by atoms with Crippen LogP contribution in [0.3, 0.4) is 0 Å². The van der Waals surface area contributed by atoms with Gasteiger partial charge in [-0.3, -0.25) is 19.0 Å². The molecule has 1 fully saturated rings. The normalized spacial score (nSPS) is 18.1. The Bertz CT molecular complexity index is 870. The van der Waals surface area contributed by atoms with E-state index in [0.29, 0.717) is 46.6 Å². The first-order valence-corrected chi connectivity index (χ1v) is 8.76. The van der Waals surface area contributed by atoms with E-state index in [0.717, 1.165) is 0 Å². The fourth-order valence-electron chi connectivity index (χ4n) is 3.10. The molecule has 1 amide bonds. The number of carboxylic acids is 1. The number of hydrogen-bond donors (Lipinski definition) is 1. The molecule has 0 radical (unpaired) electrons. The van der Waals surface area contributed by atoms with Crippen molar-refractivity contribution in [3.05, 3.63) is 27.1 Å².